The molecular formula is C14H16F2N2. The molecule has 18 heavy (non-hydrogen) atoms. The van der Waals surface area contributed by atoms with Crippen LogP contribution in [-0.2, 0) is 13.1 Å². The maximum absolute atomic E-state index is 13.6. The molecule has 0 fully saturated rings. The molecule has 1 N–H and O–H groups in total. The SMILES string of the molecule is CCn1cccc1CNc1cc(F)c(C)cc1F. The van der Waals surface area contributed by atoms with E-state index in [0.717, 1.165) is 12.2 Å². The van der Waals surface area contributed by atoms with Gasteiger partial charge in [-0.1, -0.05) is 0 Å². The fourth-order valence-electron chi connectivity index (χ4n) is 1.89. The molecule has 96 valence electrons. The Balaban J connectivity index is 2.13. The van der Waals surface area contributed by atoms with E-state index in [9.17, 15) is 8.78 Å². The van der Waals surface area contributed by atoms with Crippen LogP contribution in [0.2, 0.25) is 0 Å². The highest BCUT2D eigenvalue weighted by Crippen LogP contribution is 2.19. The number of nitrogens with zero attached hydrogens (tertiary/aromatic N) is 1. The number of nitrogens with one attached hydrogen (secondary N) is 1. The number of hydrogen-bond donors (Lipinski definition) is 1. The average molecular weight is 250 g/mol. The van der Waals surface area contributed by atoms with Crippen molar-refractivity contribution >= 4 is 5.69 Å². The number of hydrogen-bond acceptors (Lipinski definition) is 1. The van der Waals surface area contributed by atoms with Crippen molar-refractivity contribution in [1.29, 1.82) is 0 Å². The number of aryl methyl sites for hydroxylation is 2. The van der Waals surface area contributed by atoms with E-state index in [1.165, 1.54) is 12.1 Å². The third kappa shape index (κ3) is 2.53. The Hall–Kier alpha value is -1.84. The fraction of sp³-hybridized carbons (Fsp3) is 0.286. The van der Waals surface area contributed by atoms with Gasteiger partial charge in [0.1, 0.15) is 11.6 Å². The largest absolute Gasteiger partial charge is 0.377 e. The molecule has 1 heterocycles. The van der Waals surface area contributed by atoms with Crippen LogP contribution in [0.5, 0.6) is 0 Å². The minimum Gasteiger partial charge on any atom is -0.377 e. The Morgan fingerprint density at radius 2 is 2.00 bits per heavy atom. The Bertz CT molecular complexity index is 547. The molecule has 2 nitrogen and oxygen atoms in total. The van der Waals surface area contributed by atoms with Crippen molar-refractivity contribution in [2.75, 3.05) is 5.32 Å². The van der Waals surface area contributed by atoms with E-state index >= 15 is 0 Å². The number of aromatic nitrogens is 1. The minimum absolute atomic E-state index is 0.196. The summed E-state index contributed by atoms with van der Waals surface area (Å²) in [6.07, 6.45) is 1.96. The molecule has 2 rings (SSSR count). The Labute approximate surface area is 105 Å². The van der Waals surface area contributed by atoms with Gasteiger partial charge in [0.15, 0.2) is 0 Å². The zero-order chi connectivity index (χ0) is 13.1. The van der Waals surface area contributed by atoms with E-state index in [4.69, 9.17) is 0 Å². The summed E-state index contributed by atoms with van der Waals surface area (Å²) in [6, 6.07) is 6.30. The number of anilines is 1. The first-order chi connectivity index (χ1) is 8.61. The van der Waals surface area contributed by atoms with Gasteiger partial charge in [-0.25, -0.2) is 8.78 Å². The smallest absolute Gasteiger partial charge is 0.146 e. The third-order valence-corrected chi connectivity index (χ3v) is 2.97. The molecule has 0 amide bonds. The van der Waals surface area contributed by atoms with Crippen molar-refractivity contribution in [2.45, 2.75) is 26.9 Å². The standard InChI is InChI=1S/C14H16F2N2/c1-3-18-6-4-5-11(18)9-17-14-8-12(15)10(2)7-13(14)16/h4-8,17H,3,9H2,1-2H3. The van der Waals surface area contributed by atoms with Crippen LogP contribution in [0.4, 0.5) is 14.5 Å². The summed E-state index contributed by atoms with van der Waals surface area (Å²) < 4.78 is 29.0. The second kappa shape index (κ2) is 5.21. The maximum Gasteiger partial charge on any atom is 0.146 e. The minimum atomic E-state index is -0.427. The van der Waals surface area contributed by atoms with E-state index in [2.05, 4.69) is 9.88 Å². The number of halogens is 2. The molecule has 0 saturated carbocycles. The Morgan fingerprint density at radius 1 is 1.22 bits per heavy atom. The molecule has 4 heteroatoms. The van der Waals surface area contributed by atoms with Crippen LogP contribution in [-0.4, -0.2) is 4.57 Å². The molecule has 0 atom stereocenters. The van der Waals surface area contributed by atoms with Gasteiger partial charge in [0.05, 0.1) is 12.2 Å². The van der Waals surface area contributed by atoms with Crippen LogP contribution in [0.1, 0.15) is 18.2 Å². The van der Waals surface area contributed by atoms with Crippen LogP contribution in [0.25, 0.3) is 0 Å². The van der Waals surface area contributed by atoms with Crippen molar-refractivity contribution in [2.24, 2.45) is 0 Å². The van der Waals surface area contributed by atoms with E-state index in [1.807, 2.05) is 25.3 Å². The van der Waals surface area contributed by atoms with Crippen molar-refractivity contribution in [1.82, 2.24) is 4.57 Å². The van der Waals surface area contributed by atoms with Gasteiger partial charge in [-0.3, -0.25) is 0 Å². The predicted octanol–water partition coefficient (Wildman–Crippen LogP) is 3.71. The molecule has 0 aliphatic rings. The molecule has 0 unspecified atom stereocenters. The van der Waals surface area contributed by atoms with E-state index < -0.39 is 11.6 Å². The third-order valence-electron chi connectivity index (χ3n) is 2.97. The van der Waals surface area contributed by atoms with Crippen molar-refractivity contribution in [3.63, 3.8) is 0 Å². The van der Waals surface area contributed by atoms with Gasteiger partial charge in [0, 0.05) is 24.5 Å². The molecule has 0 spiro atoms. The summed E-state index contributed by atoms with van der Waals surface area (Å²) >= 11 is 0. The van der Waals surface area contributed by atoms with Crippen molar-refractivity contribution in [3.05, 3.63) is 53.4 Å². The van der Waals surface area contributed by atoms with Gasteiger partial charge in [0.25, 0.3) is 0 Å². The molecule has 0 radical (unpaired) electrons. The lowest BCUT2D eigenvalue weighted by molar-refractivity contribution is 0.594. The second-order valence-electron chi connectivity index (χ2n) is 4.22. The Kier molecular flexibility index (Phi) is 3.65. The van der Waals surface area contributed by atoms with Gasteiger partial charge in [0.2, 0.25) is 0 Å². The highest BCUT2D eigenvalue weighted by Gasteiger charge is 2.07. The second-order valence-corrected chi connectivity index (χ2v) is 4.22. The van der Waals surface area contributed by atoms with Gasteiger partial charge >= 0.3 is 0 Å². The quantitative estimate of drug-likeness (QED) is 0.875. The van der Waals surface area contributed by atoms with E-state index in [-0.39, 0.29) is 5.69 Å². The number of rotatable bonds is 4. The fourth-order valence-corrected chi connectivity index (χ4v) is 1.89. The molecule has 0 aliphatic carbocycles. The summed E-state index contributed by atoms with van der Waals surface area (Å²) in [5, 5.41) is 2.92. The molecule has 2 aromatic rings. The van der Waals surface area contributed by atoms with Crippen molar-refractivity contribution < 1.29 is 8.78 Å². The topological polar surface area (TPSA) is 17.0 Å². The molecule has 0 aliphatic heterocycles. The highest BCUT2D eigenvalue weighted by molar-refractivity contribution is 5.47. The molecule has 0 saturated heterocycles. The summed E-state index contributed by atoms with van der Waals surface area (Å²) in [5.74, 6) is -0.826. The zero-order valence-corrected chi connectivity index (χ0v) is 10.5. The first kappa shape index (κ1) is 12.6. The van der Waals surface area contributed by atoms with Crippen LogP contribution < -0.4 is 5.32 Å². The van der Waals surface area contributed by atoms with E-state index in [1.54, 1.807) is 6.92 Å². The molecular weight excluding hydrogens is 234 g/mol. The summed E-state index contributed by atoms with van der Waals surface area (Å²) in [6.45, 7) is 4.91. The average Bonchev–Trinajstić information content (AvgIpc) is 2.79. The maximum atomic E-state index is 13.6. The lowest BCUT2D eigenvalue weighted by atomic mass is 10.2. The zero-order valence-electron chi connectivity index (χ0n) is 10.5. The lowest BCUT2D eigenvalue weighted by Gasteiger charge is -2.11. The molecule has 1 aromatic heterocycles. The molecule has 0 bridgehead atoms. The summed E-state index contributed by atoms with van der Waals surface area (Å²) in [7, 11) is 0. The Morgan fingerprint density at radius 3 is 2.72 bits per heavy atom. The van der Waals surface area contributed by atoms with Crippen molar-refractivity contribution in [3.8, 4) is 0 Å². The van der Waals surface area contributed by atoms with Crippen LogP contribution >= 0.6 is 0 Å². The summed E-state index contributed by atoms with van der Waals surface area (Å²) in [5.41, 5.74) is 1.55. The van der Waals surface area contributed by atoms with Crippen LogP contribution in [0.15, 0.2) is 30.5 Å². The number of benzene rings is 1. The van der Waals surface area contributed by atoms with Crippen LogP contribution in [0, 0.1) is 18.6 Å². The summed E-state index contributed by atoms with van der Waals surface area (Å²) in [4.78, 5) is 0. The normalized spacial score (nSPS) is 10.7. The molecule has 1 aromatic carbocycles. The van der Waals surface area contributed by atoms with Gasteiger partial charge in [-0.05, 0) is 37.6 Å². The van der Waals surface area contributed by atoms with Crippen LogP contribution in [0.3, 0.4) is 0 Å². The van der Waals surface area contributed by atoms with E-state index in [0.29, 0.717) is 12.1 Å². The lowest BCUT2D eigenvalue weighted by Crippen LogP contribution is -2.07. The van der Waals surface area contributed by atoms with Gasteiger partial charge in [-0.2, -0.15) is 0 Å². The highest BCUT2D eigenvalue weighted by atomic mass is 19.1. The first-order valence-corrected chi connectivity index (χ1v) is 5.95. The van der Waals surface area contributed by atoms with Gasteiger partial charge < -0.3 is 9.88 Å². The first-order valence-electron chi connectivity index (χ1n) is 5.95. The van der Waals surface area contributed by atoms with Gasteiger partial charge in [-0.15, -0.1) is 0 Å². The monoisotopic (exact) mass is 250 g/mol. The predicted molar refractivity (Wildman–Crippen MR) is 68.5 cm³/mol.